The van der Waals surface area contributed by atoms with Crippen molar-refractivity contribution in [3.63, 3.8) is 0 Å². The summed E-state index contributed by atoms with van der Waals surface area (Å²) in [5, 5.41) is 2.98. The summed E-state index contributed by atoms with van der Waals surface area (Å²) in [6.45, 7) is 7.00. The molecule has 0 amide bonds. The lowest BCUT2D eigenvalue weighted by Gasteiger charge is -2.36. The van der Waals surface area contributed by atoms with Crippen LogP contribution in [0, 0.1) is 11.3 Å². The fourth-order valence-electron chi connectivity index (χ4n) is 2.88. The van der Waals surface area contributed by atoms with Crippen LogP contribution < -0.4 is 0 Å². The molecule has 2 rings (SSSR count). The Hall–Kier alpha value is -0.410. The molecular formula is C15H22ClNOS. The number of carbonyl (C=O) groups excluding carboxylic acids is 1. The van der Waals surface area contributed by atoms with Crippen molar-refractivity contribution in [1.29, 1.82) is 0 Å². The normalized spacial score (nSPS) is 24.4. The van der Waals surface area contributed by atoms with Crippen molar-refractivity contribution in [3.05, 3.63) is 16.1 Å². The highest BCUT2D eigenvalue weighted by molar-refractivity contribution is 7.10. The van der Waals surface area contributed by atoms with Crippen LogP contribution in [0.1, 0.15) is 67.9 Å². The number of thiazole rings is 1. The highest BCUT2D eigenvalue weighted by atomic mass is 35.5. The summed E-state index contributed by atoms with van der Waals surface area (Å²) in [6, 6.07) is 0. The molecule has 106 valence electrons. The number of nitrogens with zero attached hydrogens (tertiary/aromatic N) is 1. The molecular weight excluding hydrogens is 278 g/mol. The fourth-order valence-corrected chi connectivity index (χ4v) is 4.01. The molecule has 0 spiro atoms. The molecule has 1 aliphatic carbocycles. The average molecular weight is 300 g/mol. The quantitative estimate of drug-likeness (QED) is 0.588. The van der Waals surface area contributed by atoms with Gasteiger partial charge < -0.3 is 0 Å². The van der Waals surface area contributed by atoms with Gasteiger partial charge in [0.05, 0.1) is 10.9 Å². The van der Waals surface area contributed by atoms with Crippen molar-refractivity contribution in [2.75, 3.05) is 5.88 Å². The lowest BCUT2D eigenvalue weighted by Crippen LogP contribution is -2.25. The van der Waals surface area contributed by atoms with Gasteiger partial charge in [-0.1, -0.05) is 20.8 Å². The topological polar surface area (TPSA) is 30.0 Å². The fraction of sp³-hybridized carbons (Fsp3) is 0.733. The Bertz CT molecular complexity index is 441. The minimum Gasteiger partial charge on any atom is -0.291 e. The first-order valence-corrected chi connectivity index (χ1v) is 8.38. The minimum absolute atomic E-state index is 0.0277. The van der Waals surface area contributed by atoms with Gasteiger partial charge in [-0.25, -0.2) is 4.98 Å². The van der Waals surface area contributed by atoms with Gasteiger partial charge in [-0.2, -0.15) is 0 Å². The highest BCUT2D eigenvalue weighted by Gasteiger charge is 2.31. The molecule has 2 nitrogen and oxygen atoms in total. The second kappa shape index (κ2) is 5.92. The summed E-state index contributed by atoms with van der Waals surface area (Å²) in [6.07, 6.45) is 4.94. The third-order valence-electron chi connectivity index (χ3n) is 4.23. The average Bonchev–Trinajstić information content (AvgIpc) is 2.86. The molecule has 1 aliphatic rings. The highest BCUT2D eigenvalue weighted by Crippen LogP contribution is 2.43. The molecule has 0 N–H and O–H groups in total. The van der Waals surface area contributed by atoms with Crippen molar-refractivity contribution in [2.24, 2.45) is 11.3 Å². The molecule has 0 unspecified atom stereocenters. The van der Waals surface area contributed by atoms with Gasteiger partial charge in [0.25, 0.3) is 0 Å². The smallest absolute Gasteiger partial charge is 0.196 e. The SMILES string of the molecule is CC(C)(C)C1CCC(c2nc(C(=O)CCl)cs2)CC1. The second-order valence-electron chi connectivity index (χ2n) is 6.54. The van der Waals surface area contributed by atoms with E-state index in [1.165, 1.54) is 25.7 Å². The first kappa shape index (κ1) is 15.0. The Balaban J connectivity index is 1.98. The van der Waals surface area contributed by atoms with Gasteiger partial charge in [-0.15, -0.1) is 22.9 Å². The van der Waals surface area contributed by atoms with Crippen LogP contribution in [0.2, 0.25) is 0 Å². The molecule has 0 bridgehead atoms. The van der Waals surface area contributed by atoms with Crippen LogP contribution in [0.5, 0.6) is 0 Å². The zero-order valence-corrected chi connectivity index (χ0v) is 13.5. The van der Waals surface area contributed by atoms with Gasteiger partial charge in [0, 0.05) is 11.3 Å². The van der Waals surface area contributed by atoms with Crippen LogP contribution in [0.15, 0.2) is 5.38 Å². The first-order valence-electron chi connectivity index (χ1n) is 6.96. The van der Waals surface area contributed by atoms with E-state index in [2.05, 4.69) is 25.8 Å². The maximum absolute atomic E-state index is 11.5. The van der Waals surface area contributed by atoms with Gasteiger partial charge in [0.1, 0.15) is 5.69 Å². The maximum Gasteiger partial charge on any atom is 0.196 e. The van der Waals surface area contributed by atoms with Crippen molar-refractivity contribution >= 4 is 28.7 Å². The molecule has 1 aromatic rings. The number of Topliss-reactive ketones (excluding diaryl/α,β-unsaturated/α-hetero) is 1. The standard InChI is InChI=1S/C15H22ClNOS/c1-15(2,3)11-6-4-10(5-7-11)14-17-12(9-19-14)13(18)8-16/h9-11H,4-8H2,1-3H3. The summed E-state index contributed by atoms with van der Waals surface area (Å²) >= 11 is 7.18. The van der Waals surface area contributed by atoms with Gasteiger partial charge in [-0.05, 0) is 37.0 Å². The Morgan fingerprint density at radius 2 is 2.00 bits per heavy atom. The van der Waals surface area contributed by atoms with Gasteiger partial charge in [0.2, 0.25) is 0 Å². The van der Waals surface area contributed by atoms with E-state index in [-0.39, 0.29) is 11.7 Å². The van der Waals surface area contributed by atoms with Crippen molar-refractivity contribution in [1.82, 2.24) is 4.98 Å². The van der Waals surface area contributed by atoms with Crippen LogP contribution in [0.25, 0.3) is 0 Å². The van der Waals surface area contributed by atoms with E-state index in [1.807, 2.05) is 5.38 Å². The van der Waals surface area contributed by atoms with E-state index in [9.17, 15) is 4.79 Å². The van der Waals surface area contributed by atoms with E-state index < -0.39 is 0 Å². The molecule has 0 radical (unpaired) electrons. The number of rotatable bonds is 3. The van der Waals surface area contributed by atoms with E-state index in [1.54, 1.807) is 11.3 Å². The summed E-state index contributed by atoms with van der Waals surface area (Å²) in [7, 11) is 0. The zero-order chi connectivity index (χ0) is 14.0. The van der Waals surface area contributed by atoms with Crippen molar-refractivity contribution < 1.29 is 4.79 Å². The molecule has 19 heavy (non-hydrogen) atoms. The lowest BCUT2D eigenvalue weighted by atomic mass is 9.70. The Labute approximate surface area is 124 Å². The first-order chi connectivity index (χ1) is 8.91. The molecule has 1 saturated carbocycles. The van der Waals surface area contributed by atoms with Crippen LogP contribution in [0.3, 0.4) is 0 Å². The van der Waals surface area contributed by atoms with Gasteiger partial charge in [0.15, 0.2) is 5.78 Å². The molecule has 0 aliphatic heterocycles. The Kier molecular flexibility index (Phi) is 4.67. The Morgan fingerprint density at radius 1 is 1.37 bits per heavy atom. The van der Waals surface area contributed by atoms with Crippen LogP contribution in [0.4, 0.5) is 0 Å². The number of ketones is 1. The molecule has 1 fully saturated rings. The number of aromatic nitrogens is 1. The number of carbonyl (C=O) groups is 1. The summed E-state index contributed by atoms with van der Waals surface area (Å²) < 4.78 is 0. The molecule has 0 saturated heterocycles. The monoisotopic (exact) mass is 299 g/mol. The predicted octanol–water partition coefficient (Wildman–Crippen LogP) is 4.88. The number of hydrogen-bond acceptors (Lipinski definition) is 3. The van der Waals surface area contributed by atoms with E-state index in [0.29, 0.717) is 17.0 Å². The van der Waals surface area contributed by atoms with E-state index in [0.717, 1.165) is 10.9 Å². The zero-order valence-electron chi connectivity index (χ0n) is 11.9. The predicted molar refractivity (Wildman–Crippen MR) is 81.3 cm³/mol. The van der Waals surface area contributed by atoms with Gasteiger partial charge >= 0.3 is 0 Å². The minimum atomic E-state index is -0.0625. The summed E-state index contributed by atoms with van der Waals surface area (Å²) in [4.78, 5) is 16.0. The molecule has 0 aromatic carbocycles. The lowest BCUT2D eigenvalue weighted by molar-refractivity contribution is 0.101. The molecule has 1 heterocycles. The third kappa shape index (κ3) is 3.57. The summed E-state index contributed by atoms with van der Waals surface area (Å²) in [5.74, 6) is 1.32. The molecule has 1 aromatic heterocycles. The van der Waals surface area contributed by atoms with Crippen LogP contribution >= 0.6 is 22.9 Å². The number of alkyl halides is 1. The number of hydrogen-bond donors (Lipinski definition) is 0. The van der Waals surface area contributed by atoms with Crippen molar-refractivity contribution in [2.45, 2.75) is 52.4 Å². The Morgan fingerprint density at radius 3 is 2.53 bits per heavy atom. The van der Waals surface area contributed by atoms with Gasteiger partial charge in [-0.3, -0.25) is 4.79 Å². The second-order valence-corrected chi connectivity index (χ2v) is 7.70. The molecule has 0 atom stereocenters. The maximum atomic E-state index is 11.5. The molecule has 4 heteroatoms. The summed E-state index contributed by atoms with van der Waals surface area (Å²) in [5.41, 5.74) is 0.959. The van der Waals surface area contributed by atoms with Crippen LogP contribution in [-0.4, -0.2) is 16.6 Å². The van der Waals surface area contributed by atoms with Crippen LogP contribution in [-0.2, 0) is 0 Å². The van der Waals surface area contributed by atoms with Crippen molar-refractivity contribution in [3.8, 4) is 0 Å². The van der Waals surface area contributed by atoms with E-state index >= 15 is 0 Å². The largest absolute Gasteiger partial charge is 0.291 e. The third-order valence-corrected chi connectivity index (χ3v) is 5.48. The van der Waals surface area contributed by atoms with E-state index in [4.69, 9.17) is 11.6 Å². The number of halogens is 1.